The summed E-state index contributed by atoms with van der Waals surface area (Å²) in [4.78, 5) is 41.3. The van der Waals surface area contributed by atoms with Gasteiger partial charge in [0.25, 0.3) is 5.91 Å². The van der Waals surface area contributed by atoms with Gasteiger partial charge in [0.2, 0.25) is 5.91 Å². The number of nitrogens with zero attached hydrogens (tertiary/aromatic N) is 2. The van der Waals surface area contributed by atoms with Crippen LogP contribution >= 0.6 is 0 Å². The number of hydrogen-bond donors (Lipinski definition) is 2. The first-order valence-electron chi connectivity index (χ1n) is 11.6. The van der Waals surface area contributed by atoms with Gasteiger partial charge < -0.3 is 10.6 Å². The lowest BCUT2D eigenvalue weighted by Crippen LogP contribution is -2.43. The van der Waals surface area contributed by atoms with Crippen LogP contribution in [0.3, 0.4) is 0 Å². The van der Waals surface area contributed by atoms with Crippen LogP contribution in [0.2, 0.25) is 0 Å². The molecule has 2 atom stereocenters. The summed E-state index contributed by atoms with van der Waals surface area (Å²) in [5.74, 6) is -0.0456. The fourth-order valence-corrected chi connectivity index (χ4v) is 4.66. The zero-order valence-corrected chi connectivity index (χ0v) is 19.3. The molecule has 2 aromatic carbocycles. The molecular weight excluding hydrogens is 416 g/mol. The van der Waals surface area contributed by atoms with Crippen LogP contribution < -0.4 is 10.6 Å². The Morgan fingerprint density at radius 1 is 1.09 bits per heavy atom. The molecule has 0 saturated carbocycles. The monoisotopic (exact) mass is 448 g/mol. The number of hydrogen-bond acceptors (Lipinski definition) is 4. The van der Waals surface area contributed by atoms with E-state index in [4.69, 9.17) is 0 Å². The minimum atomic E-state index is -1.17. The van der Waals surface area contributed by atoms with Crippen LogP contribution in [0.15, 0.2) is 54.6 Å². The smallest absolute Gasteiger partial charge is 0.325 e. The van der Waals surface area contributed by atoms with Gasteiger partial charge in [-0.3, -0.25) is 19.4 Å². The van der Waals surface area contributed by atoms with Crippen molar-refractivity contribution in [3.8, 4) is 0 Å². The zero-order valence-electron chi connectivity index (χ0n) is 19.3. The number of piperidine rings is 1. The van der Waals surface area contributed by atoms with Gasteiger partial charge in [0.05, 0.1) is 0 Å². The lowest BCUT2D eigenvalue weighted by Gasteiger charge is -2.30. The number of carbonyl (C=O) groups is 3. The van der Waals surface area contributed by atoms with Gasteiger partial charge in [0.15, 0.2) is 0 Å². The molecule has 0 spiro atoms. The molecule has 2 aliphatic rings. The van der Waals surface area contributed by atoms with E-state index in [1.54, 1.807) is 19.1 Å². The molecule has 2 unspecified atom stereocenters. The SMILES string of the molecule is CC1CCCN(Cc2ccc(CNC(=O)CN3C(=O)NC(C)(c4ccccc4)C3=O)cc2)C1. The maximum absolute atomic E-state index is 12.9. The summed E-state index contributed by atoms with van der Waals surface area (Å²) in [5.41, 5.74) is 1.76. The highest BCUT2D eigenvalue weighted by Gasteiger charge is 2.49. The minimum Gasteiger partial charge on any atom is -0.350 e. The molecule has 0 aliphatic carbocycles. The molecule has 33 heavy (non-hydrogen) atoms. The number of imide groups is 1. The van der Waals surface area contributed by atoms with Gasteiger partial charge in [0.1, 0.15) is 12.1 Å². The van der Waals surface area contributed by atoms with E-state index in [1.165, 1.54) is 18.4 Å². The summed E-state index contributed by atoms with van der Waals surface area (Å²) in [7, 11) is 0. The minimum absolute atomic E-state index is 0.307. The number of urea groups is 1. The zero-order chi connectivity index (χ0) is 23.4. The Labute approximate surface area is 195 Å². The highest BCUT2D eigenvalue weighted by atomic mass is 16.2. The van der Waals surface area contributed by atoms with Gasteiger partial charge in [-0.25, -0.2) is 4.79 Å². The molecule has 0 radical (unpaired) electrons. The van der Waals surface area contributed by atoms with Crippen molar-refractivity contribution in [3.05, 3.63) is 71.3 Å². The quantitative estimate of drug-likeness (QED) is 0.638. The maximum Gasteiger partial charge on any atom is 0.325 e. The molecule has 4 amide bonds. The maximum atomic E-state index is 12.9. The van der Waals surface area contributed by atoms with Crippen LogP contribution in [-0.4, -0.2) is 47.3 Å². The molecule has 4 rings (SSSR count). The highest BCUT2D eigenvalue weighted by molar-refractivity contribution is 6.09. The Morgan fingerprint density at radius 2 is 1.79 bits per heavy atom. The Morgan fingerprint density at radius 3 is 2.48 bits per heavy atom. The number of nitrogens with one attached hydrogen (secondary N) is 2. The molecule has 2 heterocycles. The van der Waals surface area contributed by atoms with Crippen molar-refractivity contribution in [2.45, 2.75) is 45.3 Å². The molecule has 0 bridgehead atoms. The van der Waals surface area contributed by atoms with Gasteiger partial charge in [0, 0.05) is 19.6 Å². The average Bonchev–Trinajstić information content (AvgIpc) is 3.03. The lowest BCUT2D eigenvalue weighted by molar-refractivity contribution is -0.134. The number of likely N-dealkylation sites (tertiary alicyclic amines) is 1. The summed E-state index contributed by atoms with van der Waals surface area (Å²) in [6, 6.07) is 16.7. The Balaban J connectivity index is 1.28. The van der Waals surface area contributed by atoms with Gasteiger partial charge in [-0.2, -0.15) is 0 Å². The van der Waals surface area contributed by atoms with Crippen molar-refractivity contribution in [1.29, 1.82) is 0 Å². The number of rotatable bonds is 7. The molecule has 7 nitrogen and oxygen atoms in total. The molecule has 174 valence electrons. The predicted molar refractivity (Wildman–Crippen MR) is 126 cm³/mol. The number of amides is 4. The first-order chi connectivity index (χ1) is 15.8. The Bertz CT molecular complexity index is 1010. The topological polar surface area (TPSA) is 81.8 Å². The van der Waals surface area contributed by atoms with Gasteiger partial charge >= 0.3 is 6.03 Å². The van der Waals surface area contributed by atoms with Gasteiger partial charge in [-0.15, -0.1) is 0 Å². The summed E-state index contributed by atoms with van der Waals surface area (Å²) in [6.07, 6.45) is 2.57. The second-order valence-corrected chi connectivity index (χ2v) is 9.39. The first-order valence-corrected chi connectivity index (χ1v) is 11.6. The lowest BCUT2D eigenvalue weighted by atomic mass is 9.92. The molecule has 2 N–H and O–H groups in total. The van der Waals surface area contributed by atoms with E-state index in [1.807, 2.05) is 30.3 Å². The summed E-state index contributed by atoms with van der Waals surface area (Å²) >= 11 is 0. The van der Waals surface area contributed by atoms with Crippen LogP contribution in [0.4, 0.5) is 4.79 Å². The third kappa shape index (κ3) is 5.25. The molecule has 2 aromatic rings. The van der Waals surface area contributed by atoms with E-state index in [2.05, 4.69) is 34.6 Å². The van der Waals surface area contributed by atoms with Crippen molar-refractivity contribution in [2.24, 2.45) is 5.92 Å². The number of carbonyl (C=O) groups excluding carboxylic acids is 3. The molecule has 0 aromatic heterocycles. The molecule has 7 heteroatoms. The second kappa shape index (κ2) is 9.75. The Hall–Kier alpha value is -3.19. The van der Waals surface area contributed by atoms with Crippen molar-refractivity contribution < 1.29 is 14.4 Å². The van der Waals surface area contributed by atoms with E-state index in [0.29, 0.717) is 12.1 Å². The molecule has 2 fully saturated rings. The van der Waals surface area contributed by atoms with Crippen molar-refractivity contribution in [2.75, 3.05) is 19.6 Å². The van der Waals surface area contributed by atoms with Crippen LogP contribution in [0.5, 0.6) is 0 Å². The standard InChI is InChI=1S/C26H32N4O3/c1-19-7-6-14-29(16-19)17-21-12-10-20(11-13-21)15-27-23(31)18-30-24(32)26(2,28-25(30)33)22-8-4-3-5-9-22/h3-5,8-13,19H,6-7,14-18H2,1-2H3,(H,27,31)(H,28,33). The van der Waals surface area contributed by atoms with Gasteiger partial charge in [-0.05, 0) is 48.9 Å². The average molecular weight is 449 g/mol. The summed E-state index contributed by atoms with van der Waals surface area (Å²) in [6.45, 7) is 7.24. The van der Waals surface area contributed by atoms with E-state index in [-0.39, 0.29) is 12.5 Å². The van der Waals surface area contributed by atoms with Crippen LogP contribution in [-0.2, 0) is 28.2 Å². The van der Waals surface area contributed by atoms with Crippen LogP contribution in [0, 0.1) is 5.92 Å². The van der Waals surface area contributed by atoms with Crippen molar-refractivity contribution in [1.82, 2.24) is 20.4 Å². The van der Waals surface area contributed by atoms with Gasteiger partial charge in [-0.1, -0.05) is 61.5 Å². The van der Waals surface area contributed by atoms with E-state index >= 15 is 0 Å². The van der Waals surface area contributed by atoms with Crippen molar-refractivity contribution in [3.63, 3.8) is 0 Å². The second-order valence-electron chi connectivity index (χ2n) is 9.39. The fourth-order valence-electron chi connectivity index (χ4n) is 4.66. The van der Waals surface area contributed by atoms with Crippen LogP contribution in [0.1, 0.15) is 43.4 Å². The molecule has 2 aliphatic heterocycles. The summed E-state index contributed by atoms with van der Waals surface area (Å²) in [5, 5.41) is 5.54. The largest absolute Gasteiger partial charge is 0.350 e. The third-order valence-electron chi connectivity index (χ3n) is 6.59. The normalized spacial score (nSPS) is 23.5. The first kappa shape index (κ1) is 23.0. The van der Waals surface area contributed by atoms with Crippen LogP contribution in [0.25, 0.3) is 0 Å². The molecule has 2 saturated heterocycles. The summed E-state index contributed by atoms with van der Waals surface area (Å²) < 4.78 is 0. The fraction of sp³-hybridized carbons (Fsp3) is 0.423. The predicted octanol–water partition coefficient (Wildman–Crippen LogP) is 3.00. The third-order valence-corrected chi connectivity index (χ3v) is 6.59. The Kier molecular flexibility index (Phi) is 6.79. The molecular formula is C26H32N4O3. The van der Waals surface area contributed by atoms with E-state index in [9.17, 15) is 14.4 Å². The van der Waals surface area contributed by atoms with E-state index in [0.717, 1.165) is 36.0 Å². The van der Waals surface area contributed by atoms with E-state index < -0.39 is 17.5 Å². The van der Waals surface area contributed by atoms with Crippen molar-refractivity contribution >= 4 is 17.8 Å². The number of benzene rings is 2. The highest BCUT2D eigenvalue weighted by Crippen LogP contribution is 2.28.